The summed E-state index contributed by atoms with van der Waals surface area (Å²) < 4.78 is 4.95. The Labute approximate surface area is 122 Å². The molecule has 5 nitrogen and oxygen atoms in total. The van der Waals surface area contributed by atoms with Gasteiger partial charge in [-0.25, -0.2) is 0 Å². The minimum atomic E-state index is -0.399. The maximum atomic E-state index is 11.8. The lowest BCUT2D eigenvalue weighted by molar-refractivity contribution is -0.115. The molecule has 0 saturated carbocycles. The molecule has 0 radical (unpaired) electrons. The summed E-state index contributed by atoms with van der Waals surface area (Å²) in [4.78, 5) is 23.5. The maximum absolute atomic E-state index is 11.8. The van der Waals surface area contributed by atoms with E-state index in [1.165, 1.54) is 23.8 Å². The molecule has 2 amide bonds. The van der Waals surface area contributed by atoms with Crippen molar-refractivity contribution in [3.63, 3.8) is 0 Å². The quantitative estimate of drug-likeness (QED) is 0.903. The van der Waals surface area contributed by atoms with Gasteiger partial charge in [0.15, 0.2) is 5.76 Å². The summed E-state index contributed by atoms with van der Waals surface area (Å²) in [6.07, 6.45) is 4.77. The first kappa shape index (κ1) is 13.4. The molecule has 1 aromatic carbocycles. The molecule has 5 heteroatoms. The fraction of sp³-hybridized carbons (Fsp3) is 0.250. The lowest BCUT2D eigenvalue weighted by atomic mass is 10.1. The van der Waals surface area contributed by atoms with Crippen molar-refractivity contribution in [2.45, 2.75) is 19.3 Å². The summed E-state index contributed by atoms with van der Waals surface area (Å²) in [6.45, 7) is -0.0867. The van der Waals surface area contributed by atoms with E-state index in [2.05, 4.69) is 16.7 Å². The fourth-order valence-corrected chi connectivity index (χ4v) is 2.51. The van der Waals surface area contributed by atoms with Crippen molar-refractivity contribution in [2.24, 2.45) is 0 Å². The van der Waals surface area contributed by atoms with Crippen LogP contribution in [0.5, 0.6) is 0 Å². The molecule has 2 aromatic rings. The number of rotatable bonds is 4. The van der Waals surface area contributed by atoms with Gasteiger partial charge in [0, 0.05) is 5.69 Å². The maximum Gasteiger partial charge on any atom is 0.287 e. The second-order valence-electron chi connectivity index (χ2n) is 5.05. The number of amides is 2. The first-order valence-electron chi connectivity index (χ1n) is 6.96. The summed E-state index contributed by atoms with van der Waals surface area (Å²) in [5.74, 6) is -0.461. The van der Waals surface area contributed by atoms with Crippen LogP contribution in [-0.2, 0) is 17.6 Å². The molecule has 108 valence electrons. The van der Waals surface area contributed by atoms with Crippen LogP contribution in [0, 0.1) is 0 Å². The van der Waals surface area contributed by atoms with Crippen LogP contribution in [0.15, 0.2) is 41.0 Å². The van der Waals surface area contributed by atoms with Gasteiger partial charge in [0.2, 0.25) is 5.91 Å². The van der Waals surface area contributed by atoms with Crippen molar-refractivity contribution in [1.29, 1.82) is 0 Å². The molecule has 0 atom stereocenters. The molecule has 21 heavy (non-hydrogen) atoms. The van der Waals surface area contributed by atoms with Gasteiger partial charge in [-0.05, 0) is 54.7 Å². The molecule has 0 saturated heterocycles. The van der Waals surface area contributed by atoms with Gasteiger partial charge in [0.25, 0.3) is 5.91 Å². The van der Waals surface area contributed by atoms with E-state index < -0.39 is 5.91 Å². The number of aryl methyl sites for hydroxylation is 2. The highest BCUT2D eigenvalue weighted by Gasteiger charge is 2.13. The van der Waals surface area contributed by atoms with Crippen molar-refractivity contribution in [2.75, 3.05) is 11.9 Å². The Morgan fingerprint density at radius 3 is 2.81 bits per heavy atom. The Balaban J connectivity index is 1.53. The number of hydrogen-bond donors (Lipinski definition) is 2. The van der Waals surface area contributed by atoms with E-state index >= 15 is 0 Å². The molecule has 0 aliphatic heterocycles. The summed E-state index contributed by atoms with van der Waals surface area (Å²) >= 11 is 0. The van der Waals surface area contributed by atoms with Gasteiger partial charge in [0.05, 0.1) is 12.8 Å². The van der Waals surface area contributed by atoms with Crippen LogP contribution in [0.3, 0.4) is 0 Å². The Kier molecular flexibility index (Phi) is 3.73. The zero-order valence-electron chi connectivity index (χ0n) is 11.5. The van der Waals surface area contributed by atoms with Crippen LogP contribution in [0.1, 0.15) is 28.1 Å². The number of fused-ring (bicyclic) bond motifs is 1. The van der Waals surface area contributed by atoms with E-state index in [9.17, 15) is 9.59 Å². The number of furan rings is 1. The predicted octanol–water partition coefficient (Wildman–Crippen LogP) is 2.14. The molecule has 0 spiro atoms. The molecule has 1 aliphatic carbocycles. The first-order valence-corrected chi connectivity index (χ1v) is 6.96. The topological polar surface area (TPSA) is 71.3 Å². The van der Waals surface area contributed by atoms with Gasteiger partial charge >= 0.3 is 0 Å². The third kappa shape index (κ3) is 3.13. The van der Waals surface area contributed by atoms with Gasteiger partial charge in [-0.3, -0.25) is 9.59 Å². The number of carbonyl (C=O) groups excluding carboxylic acids is 2. The van der Waals surface area contributed by atoms with Crippen molar-refractivity contribution >= 4 is 17.5 Å². The largest absolute Gasteiger partial charge is 0.459 e. The van der Waals surface area contributed by atoms with E-state index in [0.29, 0.717) is 0 Å². The van der Waals surface area contributed by atoms with E-state index in [1.807, 2.05) is 12.1 Å². The van der Waals surface area contributed by atoms with Crippen molar-refractivity contribution in [3.8, 4) is 0 Å². The zero-order chi connectivity index (χ0) is 14.7. The second-order valence-corrected chi connectivity index (χ2v) is 5.05. The van der Waals surface area contributed by atoms with Crippen LogP contribution in [0.25, 0.3) is 0 Å². The SMILES string of the molecule is O=C(CNC(=O)c1ccco1)Nc1ccc2c(c1)CCC2. The molecule has 1 aliphatic rings. The van der Waals surface area contributed by atoms with E-state index in [4.69, 9.17) is 4.42 Å². The Morgan fingerprint density at radius 2 is 2.00 bits per heavy atom. The lowest BCUT2D eigenvalue weighted by Crippen LogP contribution is -2.32. The smallest absolute Gasteiger partial charge is 0.287 e. The average molecular weight is 284 g/mol. The van der Waals surface area contributed by atoms with Crippen LogP contribution < -0.4 is 10.6 Å². The molecular formula is C16H16N2O3. The van der Waals surface area contributed by atoms with Gasteiger partial charge < -0.3 is 15.1 Å². The van der Waals surface area contributed by atoms with Gasteiger partial charge in [-0.1, -0.05) is 6.07 Å². The highest BCUT2D eigenvalue weighted by atomic mass is 16.3. The fourth-order valence-electron chi connectivity index (χ4n) is 2.51. The third-order valence-electron chi connectivity index (χ3n) is 3.54. The number of carbonyl (C=O) groups is 2. The summed E-state index contributed by atoms with van der Waals surface area (Å²) in [5, 5.41) is 5.30. The summed E-state index contributed by atoms with van der Waals surface area (Å²) in [5.41, 5.74) is 3.43. The standard InChI is InChI=1S/C16H16N2O3/c19-15(10-17-16(20)14-5-2-8-21-14)18-13-7-6-11-3-1-4-12(11)9-13/h2,5-9H,1,3-4,10H2,(H,17,20)(H,18,19). The Morgan fingerprint density at radius 1 is 1.14 bits per heavy atom. The van der Waals surface area contributed by atoms with E-state index in [-0.39, 0.29) is 18.2 Å². The average Bonchev–Trinajstić information content (AvgIpc) is 3.15. The van der Waals surface area contributed by atoms with Crippen LogP contribution in [0.2, 0.25) is 0 Å². The van der Waals surface area contributed by atoms with E-state index in [1.54, 1.807) is 12.1 Å². The summed E-state index contributed by atoms with van der Waals surface area (Å²) in [7, 11) is 0. The number of anilines is 1. The highest BCUT2D eigenvalue weighted by Crippen LogP contribution is 2.24. The van der Waals surface area contributed by atoms with Crippen LogP contribution in [-0.4, -0.2) is 18.4 Å². The van der Waals surface area contributed by atoms with Crippen LogP contribution >= 0.6 is 0 Å². The minimum absolute atomic E-state index is 0.0867. The molecule has 2 N–H and O–H groups in total. The van der Waals surface area contributed by atoms with Crippen molar-refractivity contribution in [3.05, 3.63) is 53.5 Å². The number of hydrogen-bond acceptors (Lipinski definition) is 3. The molecular weight excluding hydrogens is 268 g/mol. The molecule has 0 unspecified atom stereocenters. The monoisotopic (exact) mass is 284 g/mol. The zero-order valence-corrected chi connectivity index (χ0v) is 11.5. The molecule has 3 rings (SSSR count). The van der Waals surface area contributed by atoms with Crippen molar-refractivity contribution in [1.82, 2.24) is 5.32 Å². The normalized spacial score (nSPS) is 12.8. The van der Waals surface area contributed by atoms with Gasteiger partial charge in [0.1, 0.15) is 0 Å². The summed E-state index contributed by atoms with van der Waals surface area (Å²) in [6, 6.07) is 9.14. The molecule has 1 heterocycles. The lowest BCUT2D eigenvalue weighted by Gasteiger charge is -2.08. The van der Waals surface area contributed by atoms with Crippen molar-refractivity contribution < 1.29 is 14.0 Å². The van der Waals surface area contributed by atoms with E-state index in [0.717, 1.165) is 18.5 Å². The third-order valence-corrected chi connectivity index (χ3v) is 3.54. The highest BCUT2D eigenvalue weighted by molar-refractivity contribution is 5.98. The van der Waals surface area contributed by atoms with Gasteiger partial charge in [-0.2, -0.15) is 0 Å². The first-order chi connectivity index (χ1) is 10.2. The second kappa shape index (κ2) is 5.83. The molecule has 1 aromatic heterocycles. The number of benzene rings is 1. The minimum Gasteiger partial charge on any atom is -0.459 e. The molecule has 0 fully saturated rings. The molecule has 0 bridgehead atoms. The van der Waals surface area contributed by atoms with Crippen LogP contribution in [0.4, 0.5) is 5.69 Å². The van der Waals surface area contributed by atoms with Gasteiger partial charge in [-0.15, -0.1) is 0 Å². The number of nitrogens with one attached hydrogen (secondary N) is 2. The predicted molar refractivity (Wildman–Crippen MR) is 78.1 cm³/mol. The Hall–Kier alpha value is -2.56. The Bertz CT molecular complexity index is 662.